The highest BCUT2D eigenvalue weighted by atomic mass is 35.5. The lowest BCUT2D eigenvalue weighted by atomic mass is 9.97. The summed E-state index contributed by atoms with van der Waals surface area (Å²) in [6.07, 6.45) is 4.57. The Bertz CT molecular complexity index is 458. The number of hydrogen-bond donors (Lipinski definition) is 0. The van der Waals surface area contributed by atoms with Crippen LogP contribution >= 0.6 is 12.4 Å². The minimum atomic E-state index is -0.111. The van der Waals surface area contributed by atoms with Crippen molar-refractivity contribution in [2.24, 2.45) is 0 Å². The van der Waals surface area contributed by atoms with Crippen molar-refractivity contribution >= 4 is 24.0 Å². The number of rotatable bonds is 2. The van der Waals surface area contributed by atoms with Crippen molar-refractivity contribution in [3.63, 3.8) is 0 Å². The van der Waals surface area contributed by atoms with Gasteiger partial charge in [-0.05, 0) is 23.8 Å². The molecule has 1 aliphatic carbocycles. The third-order valence-electron chi connectivity index (χ3n) is 2.27. The van der Waals surface area contributed by atoms with Crippen LogP contribution in [0.5, 0.6) is 0 Å². The van der Waals surface area contributed by atoms with Crippen molar-refractivity contribution in [1.29, 1.82) is 0 Å². The van der Waals surface area contributed by atoms with Gasteiger partial charge in [0, 0.05) is 12.0 Å². The zero-order valence-corrected chi connectivity index (χ0v) is 9.37. The Kier molecular flexibility index (Phi) is 4.20. The Hall–Kier alpha value is -1.67. The van der Waals surface area contributed by atoms with Crippen LogP contribution in [0.25, 0.3) is 0 Å². The van der Waals surface area contributed by atoms with Crippen LogP contribution in [0.2, 0.25) is 0 Å². The lowest BCUT2D eigenvalue weighted by Crippen LogP contribution is -2.09. The second-order valence-electron chi connectivity index (χ2n) is 3.43. The highest BCUT2D eigenvalue weighted by molar-refractivity contribution is 6.17. The molecule has 0 atom stereocenters. The van der Waals surface area contributed by atoms with Gasteiger partial charge < -0.3 is 0 Å². The molecule has 0 saturated carbocycles. The van der Waals surface area contributed by atoms with Gasteiger partial charge in [0.1, 0.15) is 0 Å². The highest BCUT2D eigenvalue weighted by Gasteiger charge is 2.12. The van der Waals surface area contributed by atoms with Gasteiger partial charge in [-0.2, -0.15) is 0 Å². The number of benzene rings is 1. The first kappa shape index (κ1) is 12.4. The predicted octanol–water partition coefficient (Wildman–Crippen LogP) is 2.29. The fourth-order valence-electron chi connectivity index (χ4n) is 1.51. The molecule has 0 aromatic heterocycles. The van der Waals surface area contributed by atoms with Crippen molar-refractivity contribution in [2.75, 3.05) is 0 Å². The molecule has 0 radical (unpaired) electrons. The number of halogens is 1. The molecule has 0 amide bonds. The third-order valence-corrected chi connectivity index (χ3v) is 2.27. The van der Waals surface area contributed by atoms with Crippen LogP contribution in [0.4, 0.5) is 0 Å². The molecule has 1 aromatic carbocycles. The number of ketones is 2. The molecule has 0 saturated heterocycles. The Morgan fingerprint density at radius 2 is 1.62 bits per heavy atom. The van der Waals surface area contributed by atoms with E-state index in [1.165, 1.54) is 18.2 Å². The molecule has 0 bridgehead atoms. The molecule has 0 aliphatic heterocycles. The van der Waals surface area contributed by atoms with E-state index in [0.717, 1.165) is 5.56 Å². The summed E-state index contributed by atoms with van der Waals surface area (Å²) in [5.74, 6) is -0.181. The zero-order valence-electron chi connectivity index (χ0n) is 8.55. The molecular formula is C13H11ClO2. The summed E-state index contributed by atoms with van der Waals surface area (Å²) in [7, 11) is 0. The van der Waals surface area contributed by atoms with E-state index in [-0.39, 0.29) is 24.0 Å². The molecule has 16 heavy (non-hydrogen) atoms. The molecular weight excluding hydrogens is 224 g/mol. The summed E-state index contributed by atoms with van der Waals surface area (Å²) in [5.41, 5.74) is 1.61. The maximum absolute atomic E-state index is 11.4. The van der Waals surface area contributed by atoms with Crippen molar-refractivity contribution in [3.05, 3.63) is 59.7 Å². The Morgan fingerprint density at radius 3 is 2.31 bits per heavy atom. The van der Waals surface area contributed by atoms with Crippen LogP contribution in [-0.2, 0) is 16.0 Å². The smallest absolute Gasteiger partial charge is 0.182 e. The van der Waals surface area contributed by atoms with Crippen LogP contribution in [0.15, 0.2) is 54.1 Å². The second-order valence-corrected chi connectivity index (χ2v) is 3.43. The molecule has 1 aliphatic rings. The average Bonchev–Trinajstić information content (AvgIpc) is 2.25. The van der Waals surface area contributed by atoms with E-state index in [9.17, 15) is 9.59 Å². The first-order valence-electron chi connectivity index (χ1n) is 4.76. The molecule has 0 N–H and O–H groups in total. The highest BCUT2D eigenvalue weighted by Crippen LogP contribution is 2.12. The van der Waals surface area contributed by atoms with Gasteiger partial charge in [0.2, 0.25) is 0 Å². The molecule has 3 heteroatoms. The summed E-state index contributed by atoms with van der Waals surface area (Å²) < 4.78 is 0. The quantitative estimate of drug-likeness (QED) is 0.736. The Morgan fingerprint density at radius 1 is 0.938 bits per heavy atom. The predicted molar refractivity (Wildman–Crippen MR) is 64.6 cm³/mol. The van der Waals surface area contributed by atoms with Crippen LogP contribution < -0.4 is 0 Å². The number of hydrogen-bond acceptors (Lipinski definition) is 2. The molecule has 2 rings (SSSR count). The normalized spacial score (nSPS) is 14.4. The molecule has 2 nitrogen and oxygen atoms in total. The number of carbonyl (C=O) groups excluding carboxylic acids is 2. The Balaban J connectivity index is 0.00000128. The summed E-state index contributed by atoms with van der Waals surface area (Å²) in [6.45, 7) is 0. The monoisotopic (exact) mass is 234 g/mol. The fraction of sp³-hybridized carbons (Fsp3) is 0.0769. The van der Waals surface area contributed by atoms with Crippen LogP contribution in [0.3, 0.4) is 0 Å². The number of allylic oxidation sites excluding steroid dienone is 4. The molecule has 0 unspecified atom stereocenters. The van der Waals surface area contributed by atoms with E-state index in [1.54, 1.807) is 0 Å². The standard InChI is InChI=1S/C13H10O2.ClH/c14-12-6-7-13(15)11(9-12)8-10-4-2-1-3-5-10;/h1-7,9H,8H2;1H. The first-order valence-corrected chi connectivity index (χ1v) is 4.76. The largest absolute Gasteiger partial charge is 0.290 e. The zero-order chi connectivity index (χ0) is 10.7. The van der Waals surface area contributed by atoms with Gasteiger partial charge in [0.05, 0.1) is 0 Å². The summed E-state index contributed by atoms with van der Waals surface area (Å²) in [4.78, 5) is 22.5. The lowest BCUT2D eigenvalue weighted by molar-refractivity contribution is -0.114. The van der Waals surface area contributed by atoms with E-state index in [4.69, 9.17) is 0 Å². The van der Waals surface area contributed by atoms with Gasteiger partial charge in [-0.1, -0.05) is 30.3 Å². The molecule has 0 heterocycles. The summed E-state index contributed by atoms with van der Waals surface area (Å²) >= 11 is 0. The fourth-order valence-corrected chi connectivity index (χ4v) is 1.51. The maximum Gasteiger partial charge on any atom is 0.182 e. The van der Waals surface area contributed by atoms with Crippen molar-refractivity contribution in [1.82, 2.24) is 0 Å². The van der Waals surface area contributed by atoms with Crippen molar-refractivity contribution < 1.29 is 9.59 Å². The van der Waals surface area contributed by atoms with Crippen LogP contribution in [0.1, 0.15) is 5.56 Å². The summed E-state index contributed by atoms with van der Waals surface area (Å²) in [6, 6.07) is 9.64. The van der Waals surface area contributed by atoms with E-state index in [1.807, 2.05) is 30.3 Å². The van der Waals surface area contributed by atoms with Crippen LogP contribution in [-0.4, -0.2) is 11.6 Å². The van der Waals surface area contributed by atoms with Crippen LogP contribution in [0, 0.1) is 0 Å². The Labute approximate surface area is 100 Å². The molecule has 0 spiro atoms. The molecule has 0 fully saturated rings. The minimum absolute atomic E-state index is 0. The second kappa shape index (κ2) is 5.42. The van der Waals surface area contributed by atoms with Gasteiger partial charge >= 0.3 is 0 Å². The van der Waals surface area contributed by atoms with E-state index in [0.29, 0.717) is 12.0 Å². The average molecular weight is 235 g/mol. The third kappa shape index (κ3) is 2.91. The number of carbonyl (C=O) groups is 2. The van der Waals surface area contributed by atoms with Gasteiger partial charge in [-0.3, -0.25) is 9.59 Å². The van der Waals surface area contributed by atoms with Gasteiger partial charge in [0.15, 0.2) is 11.6 Å². The van der Waals surface area contributed by atoms with Gasteiger partial charge in [-0.15, -0.1) is 12.4 Å². The lowest BCUT2D eigenvalue weighted by Gasteiger charge is -2.06. The first-order chi connectivity index (χ1) is 7.25. The van der Waals surface area contributed by atoms with E-state index in [2.05, 4.69) is 0 Å². The SMILES string of the molecule is Cl.O=C1C=CC(=O)C(Cc2ccccc2)=C1. The van der Waals surface area contributed by atoms with Gasteiger partial charge in [0.25, 0.3) is 0 Å². The summed E-state index contributed by atoms with van der Waals surface area (Å²) in [5, 5.41) is 0. The molecule has 1 aromatic rings. The maximum atomic E-state index is 11.4. The van der Waals surface area contributed by atoms with Crippen molar-refractivity contribution in [2.45, 2.75) is 6.42 Å². The minimum Gasteiger partial charge on any atom is -0.290 e. The van der Waals surface area contributed by atoms with E-state index < -0.39 is 0 Å². The van der Waals surface area contributed by atoms with Gasteiger partial charge in [-0.25, -0.2) is 0 Å². The van der Waals surface area contributed by atoms with Crippen molar-refractivity contribution in [3.8, 4) is 0 Å². The topological polar surface area (TPSA) is 34.1 Å². The van der Waals surface area contributed by atoms with E-state index >= 15 is 0 Å². The molecule has 82 valence electrons.